The van der Waals surface area contributed by atoms with Gasteiger partial charge in [0.15, 0.2) is 5.88 Å². The van der Waals surface area contributed by atoms with Gasteiger partial charge >= 0.3 is 0 Å². The maximum absolute atomic E-state index is 11.4. The molecule has 1 aromatic heterocycles. The van der Waals surface area contributed by atoms with E-state index in [-0.39, 0.29) is 11.8 Å². The molecule has 2 heterocycles. The zero-order valence-corrected chi connectivity index (χ0v) is 7.51. The number of H-pyrrole nitrogens is 1. The van der Waals surface area contributed by atoms with Gasteiger partial charge < -0.3 is 10.1 Å². The van der Waals surface area contributed by atoms with Crippen LogP contribution in [0.1, 0.15) is 35.5 Å². The molecular weight excluding hydrogens is 168 g/mol. The molecule has 1 aliphatic rings. The number of fused-ring (bicyclic) bond motifs is 1. The number of nitrogens with zero attached hydrogens (tertiary/aromatic N) is 1. The topological polar surface area (TPSA) is 65.4 Å². The summed E-state index contributed by atoms with van der Waals surface area (Å²) in [5, 5.41) is 9.48. The lowest BCUT2D eigenvalue weighted by molar-refractivity contribution is 0.101. The summed E-state index contributed by atoms with van der Waals surface area (Å²) in [5.41, 5.74) is 2.46. The van der Waals surface area contributed by atoms with Gasteiger partial charge in [0.05, 0.1) is 16.8 Å². The number of aromatic nitrogens is 1. The van der Waals surface area contributed by atoms with E-state index in [0.29, 0.717) is 23.3 Å². The Hall–Kier alpha value is -1.58. The van der Waals surface area contributed by atoms with Crippen LogP contribution in [0.15, 0.2) is 4.99 Å². The Bertz CT molecular complexity index is 415. The Kier molecular flexibility index (Phi) is 1.52. The molecule has 0 radical (unpaired) electrons. The summed E-state index contributed by atoms with van der Waals surface area (Å²) in [7, 11) is 0. The van der Waals surface area contributed by atoms with Crippen molar-refractivity contribution >= 4 is 11.6 Å². The van der Waals surface area contributed by atoms with Crippen molar-refractivity contribution in [3.8, 4) is 5.88 Å². The van der Waals surface area contributed by atoms with Gasteiger partial charge in [0, 0.05) is 5.69 Å². The Morgan fingerprint density at radius 1 is 1.46 bits per heavy atom. The van der Waals surface area contributed by atoms with Gasteiger partial charge in [0.1, 0.15) is 0 Å². The Morgan fingerprint density at radius 3 is 2.77 bits per heavy atom. The third kappa shape index (κ3) is 0.915. The standard InChI is InChI=1S/C9H10N2O2/c1-3-5-7-6(8(12)11-5)4(2)10-9(7)13/h11-12H,3H2,1-2H3. The number of hydrogen-bond donors (Lipinski definition) is 2. The highest BCUT2D eigenvalue weighted by molar-refractivity contribution is 6.22. The number of carbonyl (C=O) groups excluding carboxylic acids is 1. The summed E-state index contributed by atoms with van der Waals surface area (Å²) < 4.78 is 0. The summed E-state index contributed by atoms with van der Waals surface area (Å²) >= 11 is 0. The first-order valence-electron chi connectivity index (χ1n) is 4.19. The highest BCUT2D eigenvalue weighted by atomic mass is 16.3. The molecule has 4 nitrogen and oxygen atoms in total. The molecule has 2 rings (SSSR count). The number of aliphatic imine (C=N–C) groups is 1. The highest BCUT2D eigenvalue weighted by Crippen LogP contribution is 2.30. The van der Waals surface area contributed by atoms with E-state index in [4.69, 9.17) is 0 Å². The molecule has 0 aromatic carbocycles. The van der Waals surface area contributed by atoms with Gasteiger partial charge in [-0.15, -0.1) is 0 Å². The molecular formula is C9H10N2O2. The lowest BCUT2D eigenvalue weighted by Crippen LogP contribution is -1.94. The van der Waals surface area contributed by atoms with Gasteiger partial charge in [0.2, 0.25) is 0 Å². The van der Waals surface area contributed by atoms with Crippen molar-refractivity contribution in [3.63, 3.8) is 0 Å². The van der Waals surface area contributed by atoms with Crippen molar-refractivity contribution < 1.29 is 9.90 Å². The van der Waals surface area contributed by atoms with Crippen LogP contribution in [-0.4, -0.2) is 21.7 Å². The number of aromatic hydroxyl groups is 1. The van der Waals surface area contributed by atoms with E-state index in [1.807, 2.05) is 6.92 Å². The van der Waals surface area contributed by atoms with Gasteiger partial charge in [0.25, 0.3) is 5.91 Å². The molecule has 0 spiro atoms. The minimum absolute atomic E-state index is 0.0546. The largest absolute Gasteiger partial charge is 0.494 e. The van der Waals surface area contributed by atoms with E-state index in [1.165, 1.54) is 0 Å². The minimum atomic E-state index is -0.249. The molecule has 4 heteroatoms. The number of carbonyl (C=O) groups is 1. The smallest absolute Gasteiger partial charge is 0.279 e. The van der Waals surface area contributed by atoms with Crippen LogP contribution in [0, 0.1) is 0 Å². The summed E-state index contributed by atoms with van der Waals surface area (Å²) in [4.78, 5) is 17.9. The van der Waals surface area contributed by atoms with Gasteiger partial charge in [-0.25, -0.2) is 4.99 Å². The van der Waals surface area contributed by atoms with Crippen LogP contribution in [0.4, 0.5) is 0 Å². The molecule has 1 aromatic rings. The van der Waals surface area contributed by atoms with Crippen LogP contribution >= 0.6 is 0 Å². The second-order valence-corrected chi connectivity index (χ2v) is 3.06. The SMILES string of the molecule is CCc1[nH]c(O)c2c1C(=O)N=C2C. The summed E-state index contributed by atoms with van der Waals surface area (Å²) in [6.45, 7) is 3.64. The maximum Gasteiger partial charge on any atom is 0.279 e. The first-order chi connectivity index (χ1) is 6.15. The number of amides is 1. The highest BCUT2D eigenvalue weighted by Gasteiger charge is 2.28. The molecule has 0 saturated heterocycles. The number of aryl methyl sites for hydroxylation is 1. The van der Waals surface area contributed by atoms with Crippen molar-refractivity contribution in [3.05, 3.63) is 16.8 Å². The number of nitrogens with one attached hydrogen (secondary N) is 1. The first-order valence-corrected chi connectivity index (χ1v) is 4.19. The minimum Gasteiger partial charge on any atom is -0.494 e. The molecule has 68 valence electrons. The van der Waals surface area contributed by atoms with Crippen LogP contribution in [0.3, 0.4) is 0 Å². The van der Waals surface area contributed by atoms with E-state index >= 15 is 0 Å². The number of hydrogen-bond acceptors (Lipinski definition) is 2. The second kappa shape index (κ2) is 2.45. The number of aromatic amines is 1. The van der Waals surface area contributed by atoms with E-state index in [9.17, 15) is 9.90 Å². The van der Waals surface area contributed by atoms with Crippen molar-refractivity contribution in [2.24, 2.45) is 4.99 Å². The van der Waals surface area contributed by atoms with E-state index in [1.54, 1.807) is 6.92 Å². The normalized spacial score (nSPS) is 14.6. The quantitative estimate of drug-likeness (QED) is 0.679. The van der Waals surface area contributed by atoms with Crippen LogP contribution in [-0.2, 0) is 6.42 Å². The van der Waals surface area contributed by atoms with Crippen molar-refractivity contribution in [2.45, 2.75) is 20.3 Å². The van der Waals surface area contributed by atoms with Crippen LogP contribution in [0.2, 0.25) is 0 Å². The van der Waals surface area contributed by atoms with Gasteiger partial charge in [-0.2, -0.15) is 0 Å². The Balaban J connectivity index is 2.71. The van der Waals surface area contributed by atoms with E-state index in [2.05, 4.69) is 9.98 Å². The lowest BCUT2D eigenvalue weighted by atomic mass is 10.1. The summed E-state index contributed by atoms with van der Waals surface area (Å²) in [5.74, 6) is -0.195. The van der Waals surface area contributed by atoms with Gasteiger partial charge in [-0.3, -0.25) is 4.79 Å². The van der Waals surface area contributed by atoms with Crippen molar-refractivity contribution in [1.82, 2.24) is 4.98 Å². The Morgan fingerprint density at radius 2 is 2.15 bits per heavy atom. The molecule has 0 atom stereocenters. The first kappa shape index (κ1) is 8.04. The van der Waals surface area contributed by atoms with Crippen molar-refractivity contribution in [2.75, 3.05) is 0 Å². The lowest BCUT2D eigenvalue weighted by Gasteiger charge is -1.91. The fraction of sp³-hybridized carbons (Fsp3) is 0.333. The fourth-order valence-corrected chi connectivity index (χ4v) is 1.65. The third-order valence-electron chi connectivity index (χ3n) is 2.26. The molecule has 0 fully saturated rings. The van der Waals surface area contributed by atoms with Crippen molar-refractivity contribution in [1.29, 1.82) is 0 Å². The van der Waals surface area contributed by atoms with Crippen LogP contribution in [0.5, 0.6) is 5.88 Å². The average Bonchev–Trinajstić information content (AvgIpc) is 2.54. The Labute approximate surface area is 75.3 Å². The predicted octanol–water partition coefficient (Wildman–Crippen LogP) is 1.25. The maximum atomic E-state index is 11.4. The molecule has 0 bridgehead atoms. The number of rotatable bonds is 1. The van der Waals surface area contributed by atoms with Crippen LogP contribution < -0.4 is 0 Å². The summed E-state index contributed by atoms with van der Waals surface area (Å²) in [6, 6.07) is 0. The zero-order chi connectivity index (χ0) is 9.59. The second-order valence-electron chi connectivity index (χ2n) is 3.06. The molecule has 0 aliphatic carbocycles. The molecule has 0 saturated carbocycles. The zero-order valence-electron chi connectivity index (χ0n) is 7.51. The summed E-state index contributed by atoms with van der Waals surface area (Å²) in [6.07, 6.45) is 0.692. The molecule has 13 heavy (non-hydrogen) atoms. The van der Waals surface area contributed by atoms with E-state index < -0.39 is 0 Å². The van der Waals surface area contributed by atoms with Crippen LogP contribution in [0.25, 0.3) is 0 Å². The molecule has 1 amide bonds. The third-order valence-corrected chi connectivity index (χ3v) is 2.26. The van der Waals surface area contributed by atoms with E-state index in [0.717, 1.165) is 5.69 Å². The fourth-order valence-electron chi connectivity index (χ4n) is 1.65. The van der Waals surface area contributed by atoms with Gasteiger partial charge in [-0.1, -0.05) is 6.92 Å². The molecule has 0 unspecified atom stereocenters. The average molecular weight is 178 g/mol. The molecule has 2 N–H and O–H groups in total. The van der Waals surface area contributed by atoms with Gasteiger partial charge in [-0.05, 0) is 13.3 Å². The monoisotopic (exact) mass is 178 g/mol. The predicted molar refractivity (Wildman–Crippen MR) is 48.4 cm³/mol. The molecule has 1 aliphatic heterocycles.